The number of hydrogen-bond acceptors (Lipinski definition) is 3. The van der Waals surface area contributed by atoms with Gasteiger partial charge >= 0.3 is 5.97 Å². The Hall–Kier alpha value is -2.11. The topological polar surface area (TPSA) is 84.2 Å². The largest absolute Gasteiger partial charge is 0.480 e. The summed E-state index contributed by atoms with van der Waals surface area (Å²) in [7, 11) is 0. The van der Waals surface area contributed by atoms with E-state index in [-0.39, 0.29) is 0 Å². The van der Waals surface area contributed by atoms with E-state index in [0.717, 1.165) is 5.69 Å². The number of carbonyl (C=O) groups excluding carboxylic acids is 1. The molecule has 1 amide bonds. The molecule has 6 heteroatoms. The molecule has 0 fully saturated rings. The second-order valence-electron chi connectivity index (χ2n) is 4.59. The molecular weight excluding hydrogens is 258 g/mol. The summed E-state index contributed by atoms with van der Waals surface area (Å²) in [6.45, 7) is 9.70. The van der Waals surface area contributed by atoms with Crippen molar-refractivity contribution < 1.29 is 14.7 Å². The molecule has 1 aromatic rings. The number of nitrogens with zero attached hydrogens (tertiary/aromatic N) is 2. The first-order valence-electron chi connectivity index (χ1n) is 6.60. The molecule has 1 aromatic heterocycles. The van der Waals surface area contributed by atoms with E-state index in [0.29, 0.717) is 30.6 Å². The molecule has 0 saturated heterocycles. The average molecular weight is 279 g/mol. The molecule has 1 atom stereocenters. The van der Waals surface area contributed by atoms with Gasteiger partial charge in [0.2, 0.25) is 0 Å². The number of carboxylic acids is 1. The van der Waals surface area contributed by atoms with Crippen LogP contribution < -0.4 is 5.32 Å². The highest BCUT2D eigenvalue weighted by Crippen LogP contribution is 2.13. The van der Waals surface area contributed by atoms with Gasteiger partial charge in [0.05, 0.1) is 11.3 Å². The lowest BCUT2D eigenvalue weighted by molar-refractivity contribution is -0.139. The van der Waals surface area contributed by atoms with Crippen LogP contribution in [0.15, 0.2) is 12.7 Å². The minimum atomic E-state index is -1.04. The van der Waals surface area contributed by atoms with Gasteiger partial charge in [-0.2, -0.15) is 5.10 Å². The number of aryl methyl sites for hydroxylation is 2. The van der Waals surface area contributed by atoms with Crippen LogP contribution in [0.25, 0.3) is 0 Å². The lowest BCUT2D eigenvalue weighted by Crippen LogP contribution is -2.41. The van der Waals surface area contributed by atoms with Gasteiger partial charge in [-0.25, -0.2) is 4.79 Å². The Balaban J connectivity index is 2.91. The molecule has 0 aromatic carbocycles. The van der Waals surface area contributed by atoms with Crippen LogP contribution in [-0.2, 0) is 11.3 Å². The Morgan fingerprint density at radius 2 is 2.15 bits per heavy atom. The molecule has 1 unspecified atom stereocenters. The fourth-order valence-corrected chi connectivity index (χ4v) is 2.11. The second kappa shape index (κ2) is 6.88. The number of hydrogen-bond donors (Lipinski definition) is 2. The molecule has 1 rings (SSSR count). The zero-order valence-corrected chi connectivity index (χ0v) is 12.1. The van der Waals surface area contributed by atoms with Crippen molar-refractivity contribution in [2.24, 2.45) is 0 Å². The Morgan fingerprint density at radius 3 is 2.60 bits per heavy atom. The summed E-state index contributed by atoms with van der Waals surface area (Å²) >= 11 is 0. The van der Waals surface area contributed by atoms with E-state index < -0.39 is 17.9 Å². The van der Waals surface area contributed by atoms with Crippen molar-refractivity contribution in [2.75, 3.05) is 0 Å². The summed E-state index contributed by atoms with van der Waals surface area (Å²) in [4.78, 5) is 23.4. The highest BCUT2D eigenvalue weighted by Gasteiger charge is 2.24. The molecule has 0 radical (unpaired) electrons. The number of carbonyl (C=O) groups is 2. The minimum Gasteiger partial charge on any atom is -0.480 e. The van der Waals surface area contributed by atoms with E-state index >= 15 is 0 Å². The van der Waals surface area contributed by atoms with E-state index in [1.54, 1.807) is 24.6 Å². The van der Waals surface area contributed by atoms with Gasteiger partial charge in [0.1, 0.15) is 6.04 Å². The fourth-order valence-electron chi connectivity index (χ4n) is 2.11. The summed E-state index contributed by atoms with van der Waals surface area (Å²) in [5.41, 5.74) is 1.81. The molecule has 0 aliphatic heterocycles. The summed E-state index contributed by atoms with van der Waals surface area (Å²) in [5.74, 6) is -1.44. The van der Waals surface area contributed by atoms with Gasteiger partial charge in [0.25, 0.3) is 5.91 Å². The zero-order chi connectivity index (χ0) is 15.3. The molecule has 0 spiro atoms. The summed E-state index contributed by atoms with van der Waals surface area (Å²) in [6.07, 6.45) is 2.49. The molecular formula is C14H21N3O3. The van der Waals surface area contributed by atoms with Crippen LogP contribution in [0.3, 0.4) is 0 Å². The predicted molar refractivity (Wildman–Crippen MR) is 75.7 cm³/mol. The standard InChI is InChI=1S/C14H21N3O3/c1-5-7-8-11(14(19)20)15-13(18)12-9(3)16-17(6-2)10(12)4/h5,11H,1,6-8H2,2-4H3,(H,15,18)(H,19,20). The van der Waals surface area contributed by atoms with Gasteiger partial charge in [-0.3, -0.25) is 9.48 Å². The lowest BCUT2D eigenvalue weighted by atomic mass is 10.1. The van der Waals surface area contributed by atoms with Crippen molar-refractivity contribution in [1.82, 2.24) is 15.1 Å². The molecule has 0 bridgehead atoms. The molecule has 2 N–H and O–H groups in total. The van der Waals surface area contributed by atoms with Crippen LogP contribution >= 0.6 is 0 Å². The van der Waals surface area contributed by atoms with Gasteiger partial charge in [0.15, 0.2) is 0 Å². The number of aliphatic carboxylic acids is 1. The third-order valence-electron chi connectivity index (χ3n) is 3.17. The highest BCUT2D eigenvalue weighted by atomic mass is 16.4. The number of aromatic nitrogens is 2. The smallest absolute Gasteiger partial charge is 0.326 e. The van der Waals surface area contributed by atoms with E-state index in [1.165, 1.54) is 0 Å². The van der Waals surface area contributed by atoms with Crippen molar-refractivity contribution in [2.45, 2.75) is 46.2 Å². The van der Waals surface area contributed by atoms with Gasteiger partial charge in [-0.1, -0.05) is 6.08 Å². The van der Waals surface area contributed by atoms with Gasteiger partial charge in [-0.05, 0) is 33.6 Å². The van der Waals surface area contributed by atoms with Crippen molar-refractivity contribution in [3.05, 3.63) is 29.6 Å². The molecule has 0 saturated carbocycles. The van der Waals surface area contributed by atoms with E-state index in [1.807, 2.05) is 6.92 Å². The lowest BCUT2D eigenvalue weighted by Gasteiger charge is -2.13. The van der Waals surface area contributed by atoms with E-state index in [4.69, 9.17) is 5.11 Å². The third kappa shape index (κ3) is 3.46. The van der Waals surface area contributed by atoms with Crippen LogP contribution in [0.1, 0.15) is 41.5 Å². The van der Waals surface area contributed by atoms with E-state index in [9.17, 15) is 9.59 Å². The maximum absolute atomic E-state index is 12.2. The van der Waals surface area contributed by atoms with Crippen molar-refractivity contribution in [1.29, 1.82) is 0 Å². The van der Waals surface area contributed by atoms with Gasteiger partial charge < -0.3 is 10.4 Å². The second-order valence-corrected chi connectivity index (χ2v) is 4.59. The summed E-state index contributed by atoms with van der Waals surface area (Å²) in [6, 6.07) is -0.913. The summed E-state index contributed by atoms with van der Waals surface area (Å²) in [5, 5.41) is 15.9. The first kappa shape index (κ1) is 15.9. The number of rotatable bonds is 7. The van der Waals surface area contributed by atoms with Crippen LogP contribution in [0.2, 0.25) is 0 Å². The third-order valence-corrected chi connectivity index (χ3v) is 3.17. The Morgan fingerprint density at radius 1 is 1.50 bits per heavy atom. The Bertz CT molecular complexity index is 520. The first-order chi connectivity index (χ1) is 9.42. The number of allylic oxidation sites excluding steroid dienone is 1. The Labute approximate surface area is 118 Å². The molecule has 1 heterocycles. The van der Waals surface area contributed by atoms with Crippen LogP contribution in [-0.4, -0.2) is 32.8 Å². The molecule has 110 valence electrons. The molecule has 0 aliphatic carbocycles. The predicted octanol–water partition coefficient (Wildman–Crippen LogP) is 1.67. The number of nitrogens with one attached hydrogen (secondary N) is 1. The molecule has 0 aliphatic rings. The average Bonchev–Trinajstić information content (AvgIpc) is 2.68. The maximum atomic E-state index is 12.2. The van der Waals surface area contributed by atoms with Crippen molar-refractivity contribution in [3.63, 3.8) is 0 Å². The molecule has 6 nitrogen and oxygen atoms in total. The van der Waals surface area contributed by atoms with Crippen LogP contribution in [0.5, 0.6) is 0 Å². The zero-order valence-electron chi connectivity index (χ0n) is 12.1. The molecule has 20 heavy (non-hydrogen) atoms. The van der Waals surface area contributed by atoms with Crippen molar-refractivity contribution >= 4 is 11.9 Å². The Kier molecular flexibility index (Phi) is 5.49. The number of amides is 1. The highest BCUT2D eigenvalue weighted by molar-refractivity contribution is 5.98. The van der Waals surface area contributed by atoms with Crippen LogP contribution in [0.4, 0.5) is 0 Å². The minimum absolute atomic E-state index is 0.324. The normalized spacial score (nSPS) is 11.9. The maximum Gasteiger partial charge on any atom is 0.326 e. The number of carboxylic acid groups (broad SMARTS) is 1. The van der Waals surface area contributed by atoms with Gasteiger partial charge in [-0.15, -0.1) is 6.58 Å². The summed E-state index contributed by atoms with van der Waals surface area (Å²) < 4.78 is 1.73. The SMILES string of the molecule is C=CCCC(NC(=O)c1c(C)nn(CC)c1C)C(=O)O. The first-order valence-corrected chi connectivity index (χ1v) is 6.60. The van der Waals surface area contributed by atoms with Crippen molar-refractivity contribution in [3.8, 4) is 0 Å². The van der Waals surface area contributed by atoms with E-state index in [2.05, 4.69) is 17.0 Å². The fraction of sp³-hybridized carbons (Fsp3) is 0.500. The van der Waals surface area contributed by atoms with Gasteiger partial charge in [0, 0.05) is 12.2 Å². The quantitative estimate of drug-likeness (QED) is 0.744. The monoisotopic (exact) mass is 279 g/mol. The van der Waals surface area contributed by atoms with Crippen LogP contribution in [0, 0.1) is 13.8 Å².